The molecule has 0 radical (unpaired) electrons. The molecule has 1 unspecified atom stereocenters. The second-order valence-electron chi connectivity index (χ2n) is 5.78. The minimum atomic E-state index is -0.286. The first-order valence-corrected chi connectivity index (χ1v) is 7.69. The zero-order valence-corrected chi connectivity index (χ0v) is 12.6. The van der Waals surface area contributed by atoms with Gasteiger partial charge in [-0.05, 0) is 34.4 Å². The van der Waals surface area contributed by atoms with Crippen LogP contribution in [0.1, 0.15) is 27.8 Å². The standard InChI is InChI=1S/C22H15N/c23-16-17-10-12-20(13-11-17)22(19-7-2-1-3-8-19)15-14-18-6-4-5-9-21(18)22/h1-15H. The molecule has 1 aliphatic rings. The van der Waals surface area contributed by atoms with Gasteiger partial charge in [0.15, 0.2) is 0 Å². The van der Waals surface area contributed by atoms with Gasteiger partial charge in [-0.15, -0.1) is 0 Å². The lowest BCUT2D eigenvalue weighted by molar-refractivity contribution is 0.794. The molecule has 0 bridgehead atoms. The number of hydrogen-bond donors (Lipinski definition) is 0. The molecule has 0 aliphatic heterocycles. The Balaban J connectivity index is 2.00. The van der Waals surface area contributed by atoms with E-state index in [4.69, 9.17) is 5.26 Å². The molecule has 0 N–H and O–H groups in total. The summed E-state index contributed by atoms with van der Waals surface area (Å²) in [6.45, 7) is 0. The van der Waals surface area contributed by atoms with E-state index in [1.165, 1.54) is 22.3 Å². The van der Waals surface area contributed by atoms with Crippen LogP contribution in [0.5, 0.6) is 0 Å². The SMILES string of the molecule is N#Cc1ccc(C2(c3ccccc3)C=Cc3ccccc32)cc1. The Kier molecular flexibility index (Phi) is 3.10. The minimum absolute atomic E-state index is 0.286. The number of allylic oxidation sites excluding steroid dienone is 1. The lowest BCUT2D eigenvalue weighted by Gasteiger charge is -2.31. The fourth-order valence-corrected chi connectivity index (χ4v) is 3.48. The Morgan fingerprint density at radius 3 is 2.09 bits per heavy atom. The minimum Gasteiger partial charge on any atom is -0.192 e. The van der Waals surface area contributed by atoms with Crippen LogP contribution in [0.2, 0.25) is 0 Å². The van der Waals surface area contributed by atoms with E-state index in [1.807, 2.05) is 18.2 Å². The molecule has 0 fully saturated rings. The number of benzene rings is 3. The van der Waals surface area contributed by atoms with E-state index in [9.17, 15) is 0 Å². The maximum absolute atomic E-state index is 9.07. The summed E-state index contributed by atoms with van der Waals surface area (Å²) in [7, 11) is 0. The van der Waals surface area contributed by atoms with Crippen molar-refractivity contribution >= 4 is 6.08 Å². The van der Waals surface area contributed by atoms with Gasteiger partial charge in [0.2, 0.25) is 0 Å². The average molecular weight is 293 g/mol. The van der Waals surface area contributed by atoms with Crippen molar-refractivity contribution in [3.63, 3.8) is 0 Å². The molecule has 3 aromatic rings. The molecule has 1 aliphatic carbocycles. The maximum Gasteiger partial charge on any atom is 0.0991 e. The topological polar surface area (TPSA) is 23.8 Å². The van der Waals surface area contributed by atoms with Crippen molar-refractivity contribution in [2.75, 3.05) is 0 Å². The Bertz CT molecular complexity index is 914. The number of nitriles is 1. The molecule has 3 aromatic carbocycles. The zero-order chi connectivity index (χ0) is 15.7. The summed E-state index contributed by atoms with van der Waals surface area (Å²) in [5.41, 5.74) is 5.37. The van der Waals surface area contributed by atoms with Gasteiger partial charge in [-0.2, -0.15) is 5.26 Å². The van der Waals surface area contributed by atoms with E-state index < -0.39 is 0 Å². The van der Waals surface area contributed by atoms with Crippen LogP contribution in [-0.2, 0) is 5.41 Å². The maximum atomic E-state index is 9.07. The van der Waals surface area contributed by atoms with Crippen LogP contribution in [0.25, 0.3) is 6.08 Å². The van der Waals surface area contributed by atoms with Crippen LogP contribution in [0, 0.1) is 11.3 Å². The summed E-state index contributed by atoms with van der Waals surface area (Å²) >= 11 is 0. The van der Waals surface area contributed by atoms with Crippen LogP contribution >= 0.6 is 0 Å². The Labute approximate surface area is 136 Å². The highest BCUT2D eigenvalue weighted by Gasteiger charge is 2.37. The van der Waals surface area contributed by atoms with E-state index in [2.05, 4.69) is 78.9 Å². The third-order valence-corrected chi connectivity index (χ3v) is 4.60. The fourth-order valence-electron chi connectivity index (χ4n) is 3.48. The number of rotatable bonds is 2. The van der Waals surface area contributed by atoms with Gasteiger partial charge < -0.3 is 0 Å². The second-order valence-corrected chi connectivity index (χ2v) is 5.78. The van der Waals surface area contributed by atoms with Crippen LogP contribution in [0.15, 0.2) is 84.9 Å². The number of fused-ring (bicyclic) bond motifs is 1. The predicted octanol–water partition coefficient (Wildman–Crippen LogP) is 4.92. The summed E-state index contributed by atoms with van der Waals surface area (Å²) in [4.78, 5) is 0. The lowest BCUT2D eigenvalue weighted by atomic mass is 9.71. The summed E-state index contributed by atoms with van der Waals surface area (Å²) in [6.07, 6.45) is 4.47. The Morgan fingerprint density at radius 2 is 1.35 bits per heavy atom. The molecule has 0 aromatic heterocycles. The molecule has 4 rings (SSSR count). The largest absolute Gasteiger partial charge is 0.192 e. The average Bonchev–Trinajstić information content (AvgIpc) is 3.03. The van der Waals surface area contributed by atoms with Crippen molar-refractivity contribution in [3.05, 3.63) is 113 Å². The van der Waals surface area contributed by atoms with Gasteiger partial charge in [0, 0.05) is 0 Å². The molecule has 1 nitrogen and oxygen atoms in total. The number of nitrogens with zero attached hydrogens (tertiary/aromatic N) is 1. The molecule has 23 heavy (non-hydrogen) atoms. The van der Waals surface area contributed by atoms with Crippen LogP contribution < -0.4 is 0 Å². The van der Waals surface area contributed by atoms with Gasteiger partial charge in [0.25, 0.3) is 0 Å². The van der Waals surface area contributed by atoms with Crippen molar-refractivity contribution < 1.29 is 0 Å². The smallest absolute Gasteiger partial charge is 0.0991 e. The molecule has 0 amide bonds. The quantitative estimate of drug-likeness (QED) is 0.658. The van der Waals surface area contributed by atoms with Gasteiger partial charge in [0.1, 0.15) is 0 Å². The molecule has 1 atom stereocenters. The highest BCUT2D eigenvalue weighted by atomic mass is 14.4. The highest BCUT2D eigenvalue weighted by molar-refractivity contribution is 5.73. The van der Waals surface area contributed by atoms with E-state index in [1.54, 1.807) is 0 Å². The van der Waals surface area contributed by atoms with E-state index in [-0.39, 0.29) is 5.41 Å². The van der Waals surface area contributed by atoms with Crippen molar-refractivity contribution in [1.29, 1.82) is 5.26 Å². The zero-order valence-electron chi connectivity index (χ0n) is 12.6. The fraction of sp³-hybridized carbons (Fsp3) is 0.0455. The molecule has 0 spiro atoms. The third kappa shape index (κ3) is 2.00. The summed E-state index contributed by atoms with van der Waals surface area (Å²) in [5, 5.41) is 9.07. The Morgan fingerprint density at radius 1 is 0.696 bits per heavy atom. The van der Waals surface area contributed by atoms with Crippen molar-refractivity contribution in [1.82, 2.24) is 0 Å². The van der Waals surface area contributed by atoms with Gasteiger partial charge in [-0.3, -0.25) is 0 Å². The van der Waals surface area contributed by atoms with Crippen LogP contribution in [0.4, 0.5) is 0 Å². The van der Waals surface area contributed by atoms with Crippen LogP contribution in [0.3, 0.4) is 0 Å². The number of hydrogen-bond acceptors (Lipinski definition) is 1. The van der Waals surface area contributed by atoms with Crippen molar-refractivity contribution in [2.24, 2.45) is 0 Å². The van der Waals surface area contributed by atoms with Gasteiger partial charge in [-0.25, -0.2) is 0 Å². The first-order chi connectivity index (χ1) is 11.3. The summed E-state index contributed by atoms with van der Waals surface area (Å²) in [6, 6.07) is 29.2. The molecule has 1 heteroatoms. The summed E-state index contributed by atoms with van der Waals surface area (Å²) in [5.74, 6) is 0. The molecular weight excluding hydrogens is 278 g/mol. The monoisotopic (exact) mass is 293 g/mol. The second kappa shape index (κ2) is 5.26. The van der Waals surface area contributed by atoms with E-state index in [0.29, 0.717) is 5.56 Å². The van der Waals surface area contributed by atoms with E-state index in [0.717, 1.165) is 0 Å². The first kappa shape index (κ1) is 13.5. The van der Waals surface area contributed by atoms with Crippen LogP contribution in [-0.4, -0.2) is 0 Å². The third-order valence-electron chi connectivity index (χ3n) is 4.60. The van der Waals surface area contributed by atoms with Gasteiger partial charge in [0.05, 0.1) is 17.0 Å². The molecular formula is C22H15N. The predicted molar refractivity (Wildman–Crippen MR) is 93.0 cm³/mol. The normalized spacial score (nSPS) is 18.4. The molecule has 0 saturated heterocycles. The molecule has 0 heterocycles. The summed E-state index contributed by atoms with van der Waals surface area (Å²) < 4.78 is 0. The van der Waals surface area contributed by atoms with Crippen molar-refractivity contribution in [3.8, 4) is 6.07 Å². The van der Waals surface area contributed by atoms with Gasteiger partial charge in [-0.1, -0.05) is 78.9 Å². The van der Waals surface area contributed by atoms with Gasteiger partial charge >= 0.3 is 0 Å². The van der Waals surface area contributed by atoms with Crippen molar-refractivity contribution in [2.45, 2.75) is 5.41 Å². The lowest BCUT2D eigenvalue weighted by Crippen LogP contribution is -2.25. The highest BCUT2D eigenvalue weighted by Crippen LogP contribution is 2.46. The molecule has 0 saturated carbocycles. The molecule has 108 valence electrons. The van der Waals surface area contributed by atoms with E-state index >= 15 is 0 Å². The Hall–Kier alpha value is -3.11. The first-order valence-electron chi connectivity index (χ1n) is 7.69.